The number of thiazole rings is 1. The van der Waals surface area contributed by atoms with Crippen molar-refractivity contribution in [2.24, 2.45) is 4.99 Å². The molecular formula is C20H20N2PS+. The van der Waals surface area contributed by atoms with Crippen LogP contribution in [-0.4, -0.2) is 12.0 Å². The van der Waals surface area contributed by atoms with Crippen molar-refractivity contribution >= 4 is 35.1 Å². The van der Waals surface area contributed by atoms with Crippen LogP contribution in [0.2, 0.25) is 0 Å². The number of aliphatic imine (C=N–C) groups is 1. The molecule has 2 nitrogen and oxygen atoms in total. The van der Waals surface area contributed by atoms with Crippen LogP contribution in [0.1, 0.15) is 23.6 Å². The summed E-state index contributed by atoms with van der Waals surface area (Å²) < 4.78 is 2.61. The monoisotopic (exact) mass is 351 g/mol. The van der Waals surface area contributed by atoms with Gasteiger partial charge in [-0.15, -0.1) is 0 Å². The maximum atomic E-state index is 5.03. The Labute approximate surface area is 146 Å². The second-order valence-electron chi connectivity index (χ2n) is 6.84. The zero-order chi connectivity index (χ0) is 16.5. The first-order valence-electron chi connectivity index (χ1n) is 8.36. The molecule has 2 aliphatic heterocycles. The summed E-state index contributed by atoms with van der Waals surface area (Å²) in [6.45, 7) is 6.70. The molecule has 4 heteroatoms. The van der Waals surface area contributed by atoms with Crippen molar-refractivity contribution in [1.29, 1.82) is 0 Å². The second kappa shape index (κ2) is 4.84. The number of hydrogen-bond donors (Lipinski definition) is 0. The Morgan fingerprint density at radius 3 is 2.38 bits per heavy atom. The zero-order valence-corrected chi connectivity index (χ0v) is 15.9. The molecular weight excluding hydrogens is 331 g/mol. The van der Waals surface area contributed by atoms with Crippen molar-refractivity contribution in [2.45, 2.75) is 20.8 Å². The van der Waals surface area contributed by atoms with Crippen LogP contribution in [0.4, 0.5) is 0 Å². The van der Waals surface area contributed by atoms with Gasteiger partial charge in [-0.1, -0.05) is 0 Å². The second-order valence-corrected chi connectivity index (χ2v) is 11.2. The summed E-state index contributed by atoms with van der Waals surface area (Å²) in [5, 5.41) is 6.78. The van der Waals surface area contributed by atoms with E-state index in [2.05, 4.69) is 73.1 Å². The Balaban J connectivity index is 1.99. The summed E-state index contributed by atoms with van der Waals surface area (Å²) in [7, 11) is -2.12. The topological polar surface area (TPSA) is 16.2 Å². The first-order chi connectivity index (χ1) is 11.6. The quantitative estimate of drug-likeness (QED) is 0.551. The van der Waals surface area contributed by atoms with Crippen LogP contribution in [-0.2, 0) is 0 Å². The van der Waals surface area contributed by atoms with E-state index in [-0.39, 0.29) is 0 Å². The van der Waals surface area contributed by atoms with Gasteiger partial charge in [-0.3, -0.25) is 0 Å². The van der Waals surface area contributed by atoms with E-state index in [1.807, 2.05) is 11.3 Å². The molecule has 0 aliphatic carbocycles. The van der Waals surface area contributed by atoms with E-state index < -0.39 is 7.41 Å². The van der Waals surface area contributed by atoms with Gasteiger partial charge in [0.25, 0.3) is 0 Å². The van der Waals surface area contributed by atoms with E-state index in [0.29, 0.717) is 0 Å². The Kier molecular flexibility index (Phi) is 2.93. The van der Waals surface area contributed by atoms with Crippen LogP contribution in [0.25, 0.3) is 10.6 Å². The standard InChI is InChI=1S/C20H20N2PS/c1-13-6-4-8-16-15(3)21-12-23(18(13)16)19-14(2)7-5-9-17(19)20-22(23)10-11-24-20/h4-11,23H,12H2,1-3H3/q+1. The Bertz CT molecular complexity index is 1030. The fourth-order valence-electron chi connectivity index (χ4n) is 4.61. The number of rotatable bonds is 0. The molecule has 0 amide bonds. The molecule has 1 spiro atoms. The number of hydrogen-bond acceptors (Lipinski definition) is 2. The molecule has 120 valence electrons. The SMILES string of the molecule is CC1=NC[PH]2(c3c(C)cccc31)c1c(C)cccc1-c1scc[n+]12. The molecule has 0 bridgehead atoms. The van der Waals surface area contributed by atoms with Gasteiger partial charge < -0.3 is 0 Å². The molecule has 3 aromatic rings. The third-order valence-electron chi connectivity index (χ3n) is 5.56. The Hall–Kier alpha value is -1.83. The molecule has 0 atom stereocenters. The number of nitrogens with zero attached hydrogens (tertiary/aromatic N) is 2. The van der Waals surface area contributed by atoms with Crippen molar-refractivity contribution in [3.63, 3.8) is 0 Å². The third-order valence-corrected chi connectivity index (χ3v) is 11.4. The van der Waals surface area contributed by atoms with Gasteiger partial charge in [0.1, 0.15) is 0 Å². The molecule has 2 aromatic carbocycles. The number of aromatic nitrogens is 1. The van der Waals surface area contributed by atoms with Gasteiger partial charge in [-0.05, 0) is 0 Å². The average molecular weight is 351 g/mol. The Morgan fingerprint density at radius 1 is 0.958 bits per heavy atom. The molecule has 5 rings (SSSR count). The molecule has 2 aliphatic rings. The van der Waals surface area contributed by atoms with Crippen LogP contribution in [0.5, 0.6) is 0 Å². The average Bonchev–Trinajstić information content (AvgIpc) is 3.14. The van der Waals surface area contributed by atoms with Crippen LogP contribution >= 0.6 is 18.7 Å². The summed E-state index contributed by atoms with van der Waals surface area (Å²) >= 11 is 1.86. The van der Waals surface area contributed by atoms with Gasteiger partial charge in [-0.25, -0.2) is 0 Å². The fraction of sp³-hybridized carbons (Fsp3) is 0.200. The van der Waals surface area contributed by atoms with Crippen molar-refractivity contribution in [3.8, 4) is 10.6 Å². The van der Waals surface area contributed by atoms with E-state index in [4.69, 9.17) is 4.99 Å². The Morgan fingerprint density at radius 2 is 1.62 bits per heavy atom. The minimum absolute atomic E-state index is 0.920. The van der Waals surface area contributed by atoms with Crippen LogP contribution in [0.15, 0.2) is 53.0 Å². The molecule has 0 N–H and O–H groups in total. The van der Waals surface area contributed by atoms with E-state index in [1.54, 1.807) is 10.6 Å². The van der Waals surface area contributed by atoms with Gasteiger partial charge in [-0.2, -0.15) is 0 Å². The minimum atomic E-state index is -2.12. The summed E-state index contributed by atoms with van der Waals surface area (Å²) in [6, 6.07) is 13.5. The molecule has 0 saturated heterocycles. The van der Waals surface area contributed by atoms with E-state index in [0.717, 1.165) is 6.29 Å². The molecule has 1 aromatic heterocycles. The molecule has 0 fully saturated rings. The summed E-state index contributed by atoms with van der Waals surface area (Å²) in [4.78, 5) is 5.03. The van der Waals surface area contributed by atoms with Crippen LogP contribution < -0.4 is 14.9 Å². The van der Waals surface area contributed by atoms with Crippen molar-refractivity contribution in [1.82, 2.24) is 0 Å². The zero-order valence-electron chi connectivity index (χ0n) is 14.1. The van der Waals surface area contributed by atoms with Gasteiger partial charge >= 0.3 is 147 Å². The van der Waals surface area contributed by atoms with Crippen LogP contribution in [0, 0.1) is 13.8 Å². The first-order valence-corrected chi connectivity index (χ1v) is 11.4. The van der Waals surface area contributed by atoms with Gasteiger partial charge in [0.2, 0.25) is 0 Å². The number of aryl methyl sites for hydroxylation is 2. The third kappa shape index (κ3) is 1.60. The van der Waals surface area contributed by atoms with E-state index in [9.17, 15) is 0 Å². The van der Waals surface area contributed by atoms with Gasteiger partial charge in [0.15, 0.2) is 0 Å². The van der Waals surface area contributed by atoms with Crippen molar-refractivity contribution < 1.29 is 4.34 Å². The predicted octanol–water partition coefficient (Wildman–Crippen LogP) is 3.58. The molecule has 0 radical (unpaired) electrons. The van der Waals surface area contributed by atoms with E-state index in [1.165, 1.54) is 33.0 Å². The van der Waals surface area contributed by atoms with Gasteiger partial charge in [0, 0.05) is 0 Å². The summed E-state index contributed by atoms with van der Waals surface area (Å²) in [6.07, 6.45) is 3.22. The molecule has 3 heterocycles. The predicted molar refractivity (Wildman–Crippen MR) is 106 cm³/mol. The van der Waals surface area contributed by atoms with Crippen molar-refractivity contribution in [3.05, 3.63) is 64.7 Å². The number of benzene rings is 2. The van der Waals surface area contributed by atoms with E-state index >= 15 is 0 Å². The fourth-order valence-corrected chi connectivity index (χ4v) is 11.5. The maximum absolute atomic E-state index is 5.03. The van der Waals surface area contributed by atoms with Crippen molar-refractivity contribution in [2.75, 3.05) is 6.29 Å². The first kappa shape index (κ1) is 14.5. The normalized spacial score (nSPS) is 17.9. The van der Waals surface area contributed by atoms with Crippen LogP contribution in [0.3, 0.4) is 0 Å². The number of fused-ring (bicyclic) bond motifs is 7. The van der Waals surface area contributed by atoms with Gasteiger partial charge in [0.05, 0.1) is 0 Å². The molecule has 24 heavy (non-hydrogen) atoms. The molecule has 0 saturated carbocycles. The summed E-state index contributed by atoms with van der Waals surface area (Å²) in [5.74, 6) is 0. The summed E-state index contributed by atoms with van der Waals surface area (Å²) in [5.41, 5.74) is 6.80. The molecule has 0 unspecified atom stereocenters.